The Kier molecular flexibility index (Phi) is 4.11. The minimum Gasteiger partial charge on any atom is -0.504 e. The number of nitrogens with one attached hydrogen (secondary N) is 1. The van der Waals surface area contributed by atoms with E-state index in [1.165, 1.54) is 12.1 Å². The van der Waals surface area contributed by atoms with Crippen molar-refractivity contribution in [2.45, 2.75) is 13.5 Å². The van der Waals surface area contributed by atoms with Crippen molar-refractivity contribution in [3.63, 3.8) is 0 Å². The van der Waals surface area contributed by atoms with Gasteiger partial charge < -0.3 is 20.6 Å². The van der Waals surface area contributed by atoms with E-state index < -0.39 is 5.75 Å². The maximum Gasteiger partial charge on any atom is 0.200 e. The fourth-order valence-electron chi connectivity index (χ4n) is 1.74. The lowest BCUT2D eigenvalue weighted by molar-refractivity contribution is 0.365. The number of pyridine rings is 1. The number of phenols is 3. The van der Waals surface area contributed by atoms with Gasteiger partial charge in [0, 0.05) is 12.1 Å². The van der Waals surface area contributed by atoms with Gasteiger partial charge in [-0.2, -0.15) is 0 Å². The molecular formula is C13H12Cl2N2O3. The third kappa shape index (κ3) is 2.84. The van der Waals surface area contributed by atoms with Gasteiger partial charge in [-0.25, -0.2) is 4.98 Å². The minimum atomic E-state index is -0.554. The lowest BCUT2D eigenvalue weighted by Crippen LogP contribution is -2.03. The van der Waals surface area contributed by atoms with Gasteiger partial charge in [-0.05, 0) is 30.7 Å². The van der Waals surface area contributed by atoms with Crippen LogP contribution in [0.5, 0.6) is 17.2 Å². The maximum atomic E-state index is 9.72. The number of halogens is 2. The Morgan fingerprint density at radius 3 is 2.50 bits per heavy atom. The summed E-state index contributed by atoms with van der Waals surface area (Å²) in [7, 11) is 0. The van der Waals surface area contributed by atoms with Gasteiger partial charge in [-0.1, -0.05) is 23.2 Å². The number of phenolic OH excluding ortho intramolecular Hbond substituents is 3. The quantitative estimate of drug-likeness (QED) is 0.515. The van der Waals surface area contributed by atoms with E-state index in [4.69, 9.17) is 23.2 Å². The zero-order chi connectivity index (χ0) is 14.9. The average Bonchev–Trinajstić information content (AvgIpc) is 2.37. The van der Waals surface area contributed by atoms with Crippen molar-refractivity contribution >= 4 is 28.9 Å². The molecule has 5 nitrogen and oxygen atoms in total. The summed E-state index contributed by atoms with van der Waals surface area (Å²) in [5, 5.41) is 31.9. The van der Waals surface area contributed by atoms with Crippen molar-refractivity contribution in [1.29, 1.82) is 0 Å². The number of aromatic nitrogens is 1. The van der Waals surface area contributed by atoms with Crippen molar-refractivity contribution in [2.24, 2.45) is 0 Å². The Labute approximate surface area is 125 Å². The van der Waals surface area contributed by atoms with Crippen LogP contribution in [-0.2, 0) is 6.54 Å². The summed E-state index contributed by atoms with van der Waals surface area (Å²) in [4.78, 5) is 3.92. The number of hydrogen-bond acceptors (Lipinski definition) is 5. The van der Waals surface area contributed by atoms with Crippen LogP contribution in [0.4, 0.5) is 5.69 Å². The minimum absolute atomic E-state index is 0.198. The molecule has 2 aromatic rings. The number of rotatable bonds is 3. The molecule has 0 aliphatic heterocycles. The molecule has 1 heterocycles. The smallest absolute Gasteiger partial charge is 0.200 e. The van der Waals surface area contributed by atoms with E-state index in [0.29, 0.717) is 16.4 Å². The standard InChI is InChI=1S/C13H12Cl2N2O3/c1-6-4-9(14)17-13(15)10(6)16-5-7-2-3-8(18)12(20)11(7)19/h2-4,16,18-20H,5H2,1H3. The van der Waals surface area contributed by atoms with Crippen molar-refractivity contribution in [3.8, 4) is 17.2 Å². The zero-order valence-electron chi connectivity index (χ0n) is 10.5. The molecule has 1 aromatic heterocycles. The third-order valence-electron chi connectivity index (χ3n) is 2.81. The SMILES string of the molecule is Cc1cc(Cl)nc(Cl)c1NCc1ccc(O)c(O)c1O. The predicted molar refractivity (Wildman–Crippen MR) is 77.8 cm³/mol. The Morgan fingerprint density at radius 2 is 1.85 bits per heavy atom. The van der Waals surface area contributed by atoms with E-state index in [1.54, 1.807) is 6.07 Å². The Balaban J connectivity index is 2.24. The molecule has 0 saturated carbocycles. The van der Waals surface area contributed by atoms with Crippen LogP contribution >= 0.6 is 23.2 Å². The van der Waals surface area contributed by atoms with Gasteiger partial charge in [-0.3, -0.25) is 0 Å². The molecule has 0 aliphatic rings. The van der Waals surface area contributed by atoms with Crippen molar-refractivity contribution in [2.75, 3.05) is 5.32 Å². The second-order valence-corrected chi connectivity index (χ2v) is 4.97. The Hall–Kier alpha value is -1.85. The molecule has 106 valence electrons. The molecular weight excluding hydrogens is 303 g/mol. The first-order valence-corrected chi connectivity index (χ1v) is 6.45. The number of benzene rings is 1. The van der Waals surface area contributed by atoms with Gasteiger partial charge in [0.25, 0.3) is 0 Å². The predicted octanol–water partition coefficient (Wildman–Crippen LogP) is 3.43. The fraction of sp³-hybridized carbons (Fsp3) is 0.154. The molecule has 0 radical (unpaired) electrons. The van der Waals surface area contributed by atoms with Crippen LogP contribution in [0.3, 0.4) is 0 Å². The van der Waals surface area contributed by atoms with Crippen LogP contribution in [0, 0.1) is 6.92 Å². The number of nitrogens with zero attached hydrogens (tertiary/aromatic N) is 1. The van der Waals surface area contributed by atoms with E-state index in [1.807, 2.05) is 6.92 Å². The van der Waals surface area contributed by atoms with Gasteiger partial charge in [-0.15, -0.1) is 0 Å². The molecule has 1 aromatic carbocycles. The van der Waals surface area contributed by atoms with E-state index in [2.05, 4.69) is 10.3 Å². The van der Waals surface area contributed by atoms with Crippen LogP contribution in [0.15, 0.2) is 18.2 Å². The van der Waals surface area contributed by atoms with Gasteiger partial charge in [0.15, 0.2) is 16.7 Å². The first-order valence-electron chi connectivity index (χ1n) is 5.69. The summed E-state index contributed by atoms with van der Waals surface area (Å²) < 4.78 is 0. The lowest BCUT2D eigenvalue weighted by atomic mass is 10.1. The van der Waals surface area contributed by atoms with Crippen molar-refractivity contribution in [1.82, 2.24) is 4.98 Å². The normalized spacial score (nSPS) is 10.6. The van der Waals surface area contributed by atoms with Gasteiger partial charge >= 0.3 is 0 Å². The average molecular weight is 315 g/mol. The molecule has 0 saturated heterocycles. The van der Waals surface area contributed by atoms with Crippen molar-refractivity contribution in [3.05, 3.63) is 39.6 Å². The largest absolute Gasteiger partial charge is 0.504 e. The maximum absolute atomic E-state index is 9.72. The van der Waals surface area contributed by atoms with Crippen LogP contribution < -0.4 is 5.32 Å². The first kappa shape index (κ1) is 14.6. The molecule has 2 rings (SSSR count). The van der Waals surface area contributed by atoms with Crippen LogP contribution in [0.2, 0.25) is 10.3 Å². The summed E-state index contributed by atoms with van der Waals surface area (Å²) >= 11 is 11.8. The molecule has 20 heavy (non-hydrogen) atoms. The summed E-state index contributed by atoms with van der Waals surface area (Å²) in [6.07, 6.45) is 0. The molecule has 0 spiro atoms. The van der Waals surface area contributed by atoms with Crippen LogP contribution in [0.1, 0.15) is 11.1 Å². The lowest BCUT2D eigenvalue weighted by Gasteiger charge is -2.13. The molecule has 4 N–H and O–H groups in total. The van der Waals surface area contributed by atoms with Crippen LogP contribution in [0.25, 0.3) is 0 Å². The third-order valence-corrected chi connectivity index (χ3v) is 3.28. The summed E-state index contributed by atoms with van der Waals surface area (Å²) in [5.41, 5.74) is 1.80. The van der Waals surface area contributed by atoms with E-state index >= 15 is 0 Å². The highest BCUT2D eigenvalue weighted by Gasteiger charge is 2.12. The first-order chi connectivity index (χ1) is 9.40. The highest BCUT2D eigenvalue weighted by atomic mass is 35.5. The molecule has 0 atom stereocenters. The van der Waals surface area contributed by atoms with Gasteiger partial charge in [0.2, 0.25) is 5.75 Å². The van der Waals surface area contributed by atoms with Crippen molar-refractivity contribution < 1.29 is 15.3 Å². The van der Waals surface area contributed by atoms with E-state index in [9.17, 15) is 15.3 Å². The van der Waals surface area contributed by atoms with Crippen LogP contribution in [-0.4, -0.2) is 20.3 Å². The topological polar surface area (TPSA) is 85.6 Å². The second-order valence-electron chi connectivity index (χ2n) is 4.22. The number of anilines is 1. The highest BCUT2D eigenvalue weighted by Crippen LogP contribution is 2.37. The molecule has 0 amide bonds. The summed E-state index contributed by atoms with van der Waals surface area (Å²) in [6.45, 7) is 2.01. The van der Waals surface area contributed by atoms with Gasteiger partial charge in [0.05, 0.1) is 5.69 Å². The van der Waals surface area contributed by atoms with E-state index in [-0.39, 0.29) is 23.2 Å². The molecule has 0 bridgehead atoms. The second kappa shape index (κ2) is 5.64. The number of hydrogen-bond donors (Lipinski definition) is 4. The number of aryl methyl sites for hydroxylation is 1. The Bertz CT molecular complexity index is 639. The van der Waals surface area contributed by atoms with Gasteiger partial charge in [0.1, 0.15) is 5.15 Å². The zero-order valence-corrected chi connectivity index (χ0v) is 12.0. The molecule has 0 aliphatic carbocycles. The number of aromatic hydroxyl groups is 3. The fourth-order valence-corrected chi connectivity index (χ4v) is 2.34. The van der Waals surface area contributed by atoms with E-state index in [0.717, 1.165) is 5.56 Å². The summed E-state index contributed by atoms with van der Waals surface area (Å²) in [5.74, 6) is -1.32. The summed E-state index contributed by atoms with van der Waals surface area (Å²) in [6, 6.07) is 4.44. The highest BCUT2D eigenvalue weighted by molar-refractivity contribution is 6.34. The Morgan fingerprint density at radius 1 is 1.15 bits per heavy atom. The molecule has 0 fully saturated rings. The molecule has 7 heteroatoms. The monoisotopic (exact) mass is 314 g/mol. The molecule has 0 unspecified atom stereocenters.